The predicted molar refractivity (Wildman–Crippen MR) is 252 cm³/mol. The van der Waals surface area contributed by atoms with Crippen LogP contribution in [0, 0.1) is 0 Å². The number of aliphatic hydroxyl groups excluding tert-OH is 1. The summed E-state index contributed by atoms with van der Waals surface area (Å²) in [6.45, 7) is 3.41. The molecule has 0 aliphatic carbocycles. The molecular weight excluding hydrogens is 774 g/mol. The Bertz CT molecular complexity index is 1210. The number of carbonyl (C=O) groups is 2. The highest BCUT2D eigenvalue weighted by atomic mass is 31.2. The summed E-state index contributed by atoms with van der Waals surface area (Å²) in [5, 5.41) is 12.7. The summed E-state index contributed by atoms with van der Waals surface area (Å²) in [7, 11) is -4.43. The molecule has 0 aromatic heterocycles. The smallest absolute Gasteiger partial charge is 0.463 e. The number of carbonyl (C=O) groups excluding carboxylic acids is 2. The first-order chi connectivity index (χ1) is 29.3. The van der Waals surface area contributed by atoms with Crippen molar-refractivity contribution in [1.29, 1.82) is 0 Å². The molecule has 0 aromatic carbocycles. The molecule has 0 rings (SSSR count). The average molecular weight is 862 g/mol. The monoisotopic (exact) mass is 862 g/mol. The summed E-state index contributed by atoms with van der Waals surface area (Å²) in [6, 6.07) is 0. The minimum absolute atomic E-state index is 0.0667. The number of ether oxygens (including phenoxy) is 1. The molecule has 2 unspecified atom stereocenters. The Morgan fingerprint density at radius 3 is 1.45 bits per heavy atom. The van der Waals surface area contributed by atoms with Crippen LogP contribution in [0.5, 0.6) is 0 Å². The number of allylic oxidation sites excluding steroid dienone is 12. The molecule has 2 atom stereocenters. The number of aliphatic hydroxyl groups is 1. The third kappa shape index (κ3) is 46.5. The third-order valence-corrected chi connectivity index (χ3v) is 10.9. The number of nitrogens with one attached hydrogen (secondary N) is 1. The van der Waals surface area contributed by atoms with Crippen molar-refractivity contribution in [2.75, 3.05) is 26.4 Å². The Morgan fingerprint density at radius 1 is 0.533 bits per heavy atom. The van der Waals surface area contributed by atoms with Crippen LogP contribution in [-0.2, 0) is 27.9 Å². The topological polar surface area (TPSA) is 131 Å². The van der Waals surface area contributed by atoms with Gasteiger partial charge < -0.3 is 20.1 Å². The molecule has 9 nitrogen and oxygen atoms in total. The van der Waals surface area contributed by atoms with Crippen LogP contribution in [0.15, 0.2) is 72.9 Å². The number of rotatable bonds is 44. The average Bonchev–Trinajstić information content (AvgIpc) is 3.23. The first-order valence-corrected chi connectivity index (χ1v) is 25.4. The number of phosphoric ester groups is 1. The van der Waals surface area contributed by atoms with Crippen LogP contribution in [0.3, 0.4) is 0 Å². The van der Waals surface area contributed by atoms with Gasteiger partial charge in [0.05, 0.1) is 13.2 Å². The van der Waals surface area contributed by atoms with E-state index in [0.29, 0.717) is 6.42 Å². The SMILES string of the molecule is CC/C=C\C/C=C\C/C=C\C/C=C\C/C=C\CCCCCCCC(=O)NCCOP(=O)(O)OCC(O)COC(=O)CCCCCCCCC/C=C\CCCCCCCCC. The van der Waals surface area contributed by atoms with Crippen molar-refractivity contribution >= 4 is 19.7 Å². The van der Waals surface area contributed by atoms with Gasteiger partial charge in [-0.3, -0.25) is 18.6 Å². The third-order valence-electron chi connectivity index (χ3n) is 9.87. The number of phosphoric acid groups is 1. The second kappa shape index (κ2) is 46.0. The van der Waals surface area contributed by atoms with Gasteiger partial charge in [-0.15, -0.1) is 0 Å². The van der Waals surface area contributed by atoms with Crippen molar-refractivity contribution in [3.8, 4) is 0 Å². The zero-order chi connectivity index (χ0) is 43.9. The fraction of sp³-hybridized carbons (Fsp3) is 0.720. The molecule has 0 saturated heterocycles. The molecule has 0 aromatic rings. The zero-order valence-corrected chi connectivity index (χ0v) is 39.0. The summed E-state index contributed by atoms with van der Waals surface area (Å²) >= 11 is 0. The second-order valence-corrected chi connectivity index (χ2v) is 17.1. The minimum atomic E-state index is -4.43. The molecule has 60 heavy (non-hydrogen) atoms. The number of amides is 1. The van der Waals surface area contributed by atoms with E-state index in [9.17, 15) is 24.2 Å². The van der Waals surface area contributed by atoms with Gasteiger partial charge in [-0.2, -0.15) is 0 Å². The molecule has 0 radical (unpaired) electrons. The Hall–Kier alpha value is -2.55. The molecule has 1 amide bonds. The largest absolute Gasteiger partial charge is 0.472 e. The number of esters is 1. The molecule has 0 bridgehead atoms. The maximum absolute atomic E-state index is 12.1. The van der Waals surface area contributed by atoms with Gasteiger partial charge in [0.25, 0.3) is 0 Å². The quantitative estimate of drug-likeness (QED) is 0.0239. The lowest BCUT2D eigenvalue weighted by Crippen LogP contribution is -2.27. The van der Waals surface area contributed by atoms with Crippen molar-refractivity contribution < 1.29 is 37.9 Å². The van der Waals surface area contributed by atoms with Crippen LogP contribution in [-0.4, -0.2) is 54.3 Å². The van der Waals surface area contributed by atoms with E-state index in [0.717, 1.165) is 103 Å². The van der Waals surface area contributed by atoms with Crippen molar-refractivity contribution in [1.82, 2.24) is 5.32 Å². The van der Waals surface area contributed by atoms with Crippen molar-refractivity contribution in [3.63, 3.8) is 0 Å². The van der Waals surface area contributed by atoms with E-state index < -0.39 is 26.5 Å². The molecule has 0 spiro atoms. The minimum Gasteiger partial charge on any atom is -0.463 e. The highest BCUT2D eigenvalue weighted by Gasteiger charge is 2.23. The Labute approximate surface area is 367 Å². The summed E-state index contributed by atoms with van der Waals surface area (Å²) in [5.41, 5.74) is 0. The Morgan fingerprint density at radius 2 is 0.950 bits per heavy atom. The van der Waals surface area contributed by atoms with Crippen LogP contribution in [0.25, 0.3) is 0 Å². The fourth-order valence-corrected chi connectivity index (χ4v) is 7.04. The van der Waals surface area contributed by atoms with E-state index in [4.69, 9.17) is 13.8 Å². The molecule has 0 aliphatic rings. The van der Waals surface area contributed by atoms with E-state index in [1.54, 1.807) is 0 Å². The molecule has 0 heterocycles. The van der Waals surface area contributed by atoms with E-state index in [-0.39, 0.29) is 32.1 Å². The highest BCUT2D eigenvalue weighted by molar-refractivity contribution is 7.47. The maximum atomic E-state index is 12.1. The van der Waals surface area contributed by atoms with Gasteiger partial charge in [-0.1, -0.05) is 177 Å². The summed E-state index contributed by atoms with van der Waals surface area (Å²) < 4.78 is 26.9. The Kier molecular flexibility index (Phi) is 44.0. The number of hydrogen-bond acceptors (Lipinski definition) is 7. The molecule has 0 fully saturated rings. The van der Waals surface area contributed by atoms with Gasteiger partial charge in [-0.05, 0) is 83.5 Å². The highest BCUT2D eigenvalue weighted by Crippen LogP contribution is 2.42. The second-order valence-electron chi connectivity index (χ2n) is 15.7. The van der Waals surface area contributed by atoms with Crippen LogP contribution in [0.1, 0.15) is 200 Å². The van der Waals surface area contributed by atoms with Crippen LogP contribution < -0.4 is 5.32 Å². The molecule has 10 heteroatoms. The van der Waals surface area contributed by atoms with Gasteiger partial charge >= 0.3 is 13.8 Å². The predicted octanol–water partition coefficient (Wildman–Crippen LogP) is 13.8. The number of hydrogen-bond donors (Lipinski definition) is 3. The fourth-order valence-electron chi connectivity index (χ4n) is 6.28. The molecule has 346 valence electrons. The lowest BCUT2D eigenvalue weighted by atomic mass is 10.1. The van der Waals surface area contributed by atoms with Crippen LogP contribution in [0.4, 0.5) is 0 Å². The van der Waals surface area contributed by atoms with Crippen molar-refractivity contribution in [2.24, 2.45) is 0 Å². The van der Waals surface area contributed by atoms with Crippen LogP contribution in [0.2, 0.25) is 0 Å². The zero-order valence-electron chi connectivity index (χ0n) is 38.1. The maximum Gasteiger partial charge on any atom is 0.472 e. The molecule has 0 aliphatic heterocycles. The van der Waals surface area contributed by atoms with Gasteiger partial charge in [0.15, 0.2) is 0 Å². The van der Waals surface area contributed by atoms with Gasteiger partial charge in [0.2, 0.25) is 5.91 Å². The summed E-state index contributed by atoms with van der Waals surface area (Å²) in [4.78, 5) is 34.0. The van der Waals surface area contributed by atoms with E-state index in [2.05, 4.69) is 92.1 Å². The molecule has 0 saturated carbocycles. The first-order valence-electron chi connectivity index (χ1n) is 23.9. The van der Waals surface area contributed by atoms with Crippen molar-refractivity contribution in [2.45, 2.75) is 206 Å². The molecular formula is C50H88NO8P. The van der Waals surface area contributed by atoms with Gasteiger partial charge in [-0.25, -0.2) is 4.57 Å². The number of unbranched alkanes of at least 4 members (excludes halogenated alkanes) is 19. The first kappa shape index (κ1) is 57.4. The summed E-state index contributed by atoms with van der Waals surface area (Å²) in [6.07, 6.45) is 56.9. The molecule has 3 N–H and O–H groups in total. The van der Waals surface area contributed by atoms with E-state index in [1.807, 2.05) is 0 Å². The van der Waals surface area contributed by atoms with Gasteiger partial charge in [0, 0.05) is 19.4 Å². The van der Waals surface area contributed by atoms with E-state index >= 15 is 0 Å². The summed E-state index contributed by atoms with van der Waals surface area (Å²) in [5.74, 6) is -0.542. The van der Waals surface area contributed by atoms with Crippen molar-refractivity contribution in [3.05, 3.63) is 72.9 Å². The lowest BCUT2D eigenvalue weighted by Gasteiger charge is -2.15. The standard InChI is InChI=1S/C50H88NO8P/c1-3-5-7-9-11-13-15-17-19-21-23-24-25-26-28-30-32-34-36-38-40-42-49(53)51-44-45-58-60(55,56)59-47-48(52)46-57-50(54)43-41-39-37-35-33-31-29-27-22-20-18-16-14-12-10-8-6-4-2/h5,7,11,13,17,19-20,22-24,26,28,48,52H,3-4,6,8-10,12,14-16,18,21,25,27,29-47H2,1-2H3,(H,51,53)(H,55,56)/b7-5-,13-11-,19-17-,22-20-,24-23-,28-26-. The normalized spacial score (nSPS) is 13.9. The lowest BCUT2D eigenvalue weighted by molar-refractivity contribution is -0.147. The van der Waals surface area contributed by atoms with Gasteiger partial charge in [0.1, 0.15) is 12.7 Å². The van der Waals surface area contributed by atoms with E-state index in [1.165, 1.54) is 70.6 Å². The van der Waals surface area contributed by atoms with Crippen LogP contribution >= 0.6 is 7.82 Å². The Balaban J connectivity index is 3.63.